The maximum absolute atomic E-state index is 10.2. The summed E-state index contributed by atoms with van der Waals surface area (Å²) < 4.78 is 10.9. The van der Waals surface area contributed by atoms with Gasteiger partial charge in [-0.25, -0.2) is 0 Å². The number of hydrogen-bond acceptors (Lipinski definition) is 7. The molecule has 1 aliphatic heterocycles. The third-order valence-corrected chi connectivity index (χ3v) is 4.30. The maximum Gasteiger partial charge on any atom is 0.240 e. The minimum Gasteiger partial charge on any atom is -0.491 e. The molecule has 7 heteroatoms. The molecular weight excluding hydrogens is 320 g/mol. The number of nitrogens with zero attached hydrogens (tertiary/aromatic N) is 4. The van der Waals surface area contributed by atoms with Crippen molar-refractivity contribution in [2.24, 2.45) is 0 Å². The fourth-order valence-corrected chi connectivity index (χ4v) is 2.88. The molecule has 136 valence electrons. The van der Waals surface area contributed by atoms with Crippen LogP contribution in [-0.4, -0.2) is 70.5 Å². The van der Waals surface area contributed by atoms with Crippen molar-refractivity contribution in [2.45, 2.75) is 26.0 Å². The minimum atomic E-state index is -0.491. The third-order valence-electron chi connectivity index (χ3n) is 4.30. The largest absolute Gasteiger partial charge is 0.491 e. The van der Waals surface area contributed by atoms with Gasteiger partial charge in [-0.05, 0) is 12.1 Å². The van der Waals surface area contributed by atoms with Gasteiger partial charge in [-0.1, -0.05) is 30.3 Å². The van der Waals surface area contributed by atoms with Crippen molar-refractivity contribution < 1.29 is 14.4 Å². The van der Waals surface area contributed by atoms with Gasteiger partial charge in [0, 0.05) is 39.1 Å². The van der Waals surface area contributed by atoms with E-state index in [9.17, 15) is 5.11 Å². The molecule has 0 spiro atoms. The van der Waals surface area contributed by atoms with Crippen LogP contribution in [0.25, 0.3) is 0 Å². The van der Waals surface area contributed by atoms with Crippen molar-refractivity contribution in [3.8, 4) is 5.75 Å². The Labute approximate surface area is 148 Å². The number of aliphatic hydroxyl groups excluding tert-OH is 1. The summed E-state index contributed by atoms with van der Waals surface area (Å²) in [6, 6.07) is 9.58. The predicted molar refractivity (Wildman–Crippen MR) is 93.3 cm³/mol. The van der Waals surface area contributed by atoms with Crippen molar-refractivity contribution in [1.82, 2.24) is 19.9 Å². The van der Waals surface area contributed by atoms with E-state index in [1.807, 2.05) is 37.3 Å². The van der Waals surface area contributed by atoms with Crippen molar-refractivity contribution in [3.05, 3.63) is 42.0 Å². The Hall–Kier alpha value is -1.96. The Morgan fingerprint density at radius 2 is 1.88 bits per heavy atom. The smallest absolute Gasteiger partial charge is 0.240 e. The fourth-order valence-electron chi connectivity index (χ4n) is 2.88. The Morgan fingerprint density at radius 3 is 2.56 bits per heavy atom. The first kappa shape index (κ1) is 17.8. The number of para-hydroxylation sites is 1. The highest BCUT2D eigenvalue weighted by Crippen LogP contribution is 2.10. The minimum absolute atomic E-state index is 0.312. The molecule has 1 saturated heterocycles. The first-order valence-electron chi connectivity index (χ1n) is 8.85. The monoisotopic (exact) mass is 346 g/mol. The van der Waals surface area contributed by atoms with Crippen molar-refractivity contribution in [1.29, 1.82) is 0 Å². The molecule has 0 radical (unpaired) electrons. The third kappa shape index (κ3) is 5.52. The van der Waals surface area contributed by atoms with Crippen LogP contribution < -0.4 is 4.74 Å². The predicted octanol–water partition coefficient (Wildman–Crippen LogP) is 1.19. The second-order valence-electron chi connectivity index (χ2n) is 6.31. The van der Waals surface area contributed by atoms with Gasteiger partial charge in [0.2, 0.25) is 5.89 Å². The summed E-state index contributed by atoms with van der Waals surface area (Å²) in [4.78, 5) is 8.92. The number of piperazine rings is 1. The first-order chi connectivity index (χ1) is 12.2. The van der Waals surface area contributed by atoms with Gasteiger partial charge in [0.25, 0.3) is 0 Å². The van der Waals surface area contributed by atoms with E-state index in [1.165, 1.54) is 0 Å². The van der Waals surface area contributed by atoms with E-state index >= 15 is 0 Å². The van der Waals surface area contributed by atoms with E-state index in [1.54, 1.807) is 0 Å². The zero-order valence-corrected chi connectivity index (χ0v) is 14.7. The van der Waals surface area contributed by atoms with E-state index < -0.39 is 6.10 Å². The quantitative estimate of drug-likeness (QED) is 0.769. The van der Waals surface area contributed by atoms with Gasteiger partial charge >= 0.3 is 0 Å². The lowest BCUT2D eigenvalue weighted by molar-refractivity contribution is 0.0426. The Kier molecular flexibility index (Phi) is 6.38. The Bertz CT molecular complexity index is 626. The second kappa shape index (κ2) is 8.94. The van der Waals surface area contributed by atoms with Crippen molar-refractivity contribution in [3.63, 3.8) is 0 Å². The maximum atomic E-state index is 10.2. The average molecular weight is 346 g/mol. The summed E-state index contributed by atoms with van der Waals surface area (Å²) in [7, 11) is 0. The molecule has 0 aliphatic carbocycles. The van der Waals surface area contributed by atoms with Crippen LogP contribution in [0.3, 0.4) is 0 Å². The molecule has 1 aromatic heterocycles. The lowest BCUT2D eigenvalue weighted by Gasteiger charge is -2.34. The average Bonchev–Trinajstić information content (AvgIpc) is 3.10. The van der Waals surface area contributed by atoms with Gasteiger partial charge in [-0.3, -0.25) is 9.80 Å². The summed E-state index contributed by atoms with van der Waals surface area (Å²) >= 11 is 0. The van der Waals surface area contributed by atoms with Crippen LogP contribution in [0.2, 0.25) is 0 Å². The van der Waals surface area contributed by atoms with Crippen LogP contribution in [-0.2, 0) is 13.0 Å². The number of aromatic nitrogens is 2. The molecule has 1 aliphatic rings. The van der Waals surface area contributed by atoms with Crippen molar-refractivity contribution in [2.75, 3.05) is 39.3 Å². The molecule has 1 atom stereocenters. The number of aliphatic hydroxyl groups is 1. The van der Waals surface area contributed by atoms with Gasteiger partial charge < -0.3 is 14.4 Å². The molecule has 2 aromatic rings. The van der Waals surface area contributed by atoms with Crippen LogP contribution in [0.5, 0.6) is 5.75 Å². The molecular formula is C18H26N4O3. The van der Waals surface area contributed by atoms with Gasteiger partial charge in [-0.2, -0.15) is 4.98 Å². The molecule has 0 saturated carbocycles. The first-order valence-corrected chi connectivity index (χ1v) is 8.85. The van der Waals surface area contributed by atoms with E-state index in [0.717, 1.165) is 44.2 Å². The summed E-state index contributed by atoms with van der Waals surface area (Å²) in [5, 5.41) is 14.1. The molecule has 1 aromatic carbocycles. The Balaban J connectivity index is 1.35. The molecule has 1 fully saturated rings. The summed E-state index contributed by atoms with van der Waals surface area (Å²) in [5.74, 6) is 2.23. The van der Waals surface area contributed by atoms with Crippen LogP contribution >= 0.6 is 0 Å². The number of hydrogen-bond donors (Lipinski definition) is 1. The van der Waals surface area contributed by atoms with Crippen LogP contribution in [0.15, 0.2) is 34.9 Å². The zero-order valence-electron chi connectivity index (χ0n) is 14.7. The summed E-state index contributed by atoms with van der Waals surface area (Å²) in [6.45, 7) is 7.33. The highest BCUT2D eigenvalue weighted by Gasteiger charge is 2.21. The number of benzene rings is 1. The van der Waals surface area contributed by atoms with Gasteiger partial charge in [0.1, 0.15) is 18.5 Å². The number of ether oxygens (including phenoxy) is 1. The van der Waals surface area contributed by atoms with Gasteiger partial charge in [-0.15, -0.1) is 0 Å². The van der Waals surface area contributed by atoms with Gasteiger partial charge in [0.05, 0.1) is 6.54 Å². The molecule has 0 bridgehead atoms. The highest BCUT2D eigenvalue weighted by molar-refractivity contribution is 5.20. The van der Waals surface area contributed by atoms with E-state index in [4.69, 9.17) is 9.26 Å². The molecule has 0 amide bonds. The molecule has 2 heterocycles. The summed E-state index contributed by atoms with van der Waals surface area (Å²) in [6.07, 6.45) is 0.301. The number of aryl methyl sites for hydroxylation is 1. The number of β-amino-alcohol motifs (C(OH)–C–C–N with tert-alkyl or cyclic N) is 1. The molecule has 0 unspecified atom stereocenters. The second-order valence-corrected chi connectivity index (χ2v) is 6.31. The topological polar surface area (TPSA) is 74.9 Å². The lowest BCUT2D eigenvalue weighted by atomic mass is 10.2. The SMILES string of the molecule is CCc1noc(CN2CCN(C[C@@H](O)COc3ccccc3)CC2)n1. The van der Waals surface area contributed by atoms with Gasteiger partial charge in [0.15, 0.2) is 5.82 Å². The molecule has 25 heavy (non-hydrogen) atoms. The van der Waals surface area contributed by atoms with Crippen LogP contribution in [0, 0.1) is 0 Å². The van der Waals surface area contributed by atoms with E-state index in [-0.39, 0.29) is 0 Å². The standard InChI is InChI=1S/C18H26N4O3/c1-2-17-19-18(25-20-17)13-22-10-8-21(9-11-22)12-15(23)14-24-16-6-4-3-5-7-16/h3-7,15,23H,2,8-14H2,1H3/t15-/m1/s1. The zero-order chi connectivity index (χ0) is 17.5. The van der Waals surface area contributed by atoms with Crippen LogP contribution in [0.1, 0.15) is 18.6 Å². The normalized spacial score (nSPS) is 17.5. The summed E-state index contributed by atoms with van der Waals surface area (Å²) in [5.41, 5.74) is 0. The molecule has 3 rings (SSSR count). The highest BCUT2D eigenvalue weighted by atomic mass is 16.5. The van der Waals surface area contributed by atoms with E-state index in [2.05, 4.69) is 19.9 Å². The lowest BCUT2D eigenvalue weighted by Crippen LogP contribution is -2.48. The molecule has 7 nitrogen and oxygen atoms in total. The fraction of sp³-hybridized carbons (Fsp3) is 0.556. The van der Waals surface area contributed by atoms with E-state index in [0.29, 0.717) is 25.6 Å². The Morgan fingerprint density at radius 1 is 1.16 bits per heavy atom. The molecule has 1 N–H and O–H groups in total. The van der Waals surface area contributed by atoms with Crippen molar-refractivity contribution >= 4 is 0 Å². The van der Waals surface area contributed by atoms with Crippen LogP contribution in [0.4, 0.5) is 0 Å². The number of rotatable bonds is 8.